The Bertz CT molecular complexity index is 538. The lowest BCUT2D eigenvalue weighted by Crippen LogP contribution is -2.31. The van der Waals surface area contributed by atoms with Crippen molar-refractivity contribution in [3.8, 4) is 5.75 Å². The van der Waals surface area contributed by atoms with E-state index in [9.17, 15) is 18.4 Å². The van der Waals surface area contributed by atoms with Gasteiger partial charge in [0.25, 0.3) is 0 Å². The Balaban J connectivity index is 2.25. The van der Waals surface area contributed by atoms with Crippen LogP contribution in [0.15, 0.2) is 12.1 Å². The van der Waals surface area contributed by atoms with Crippen LogP contribution in [0.5, 0.6) is 5.75 Å². The van der Waals surface area contributed by atoms with Crippen molar-refractivity contribution in [1.29, 1.82) is 0 Å². The van der Waals surface area contributed by atoms with Gasteiger partial charge in [-0.3, -0.25) is 9.59 Å². The minimum Gasteiger partial charge on any atom is -0.497 e. The highest BCUT2D eigenvalue weighted by Gasteiger charge is 2.35. The van der Waals surface area contributed by atoms with Crippen molar-refractivity contribution < 1.29 is 28.2 Å². The molecule has 1 heterocycles. The number of carboxylic acid groups (broad SMARTS) is 1. The molecule has 1 aliphatic rings. The Kier molecular flexibility index (Phi) is 3.87. The van der Waals surface area contributed by atoms with Crippen LogP contribution in [0, 0.1) is 11.6 Å². The van der Waals surface area contributed by atoms with Crippen molar-refractivity contribution >= 4 is 11.9 Å². The summed E-state index contributed by atoms with van der Waals surface area (Å²) in [5, 5.41) is 8.67. The monoisotopic (exact) mass is 285 g/mol. The fraction of sp³-hybridized carbons (Fsp3) is 0.385. The average molecular weight is 285 g/mol. The summed E-state index contributed by atoms with van der Waals surface area (Å²) >= 11 is 0. The van der Waals surface area contributed by atoms with E-state index in [1.54, 1.807) is 0 Å². The first-order valence-corrected chi connectivity index (χ1v) is 5.95. The fourth-order valence-corrected chi connectivity index (χ4v) is 2.35. The maximum atomic E-state index is 13.9. The minimum absolute atomic E-state index is 0.00863. The molecule has 7 heteroatoms. The van der Waals surface area contributed by atoms with Crippen molar-refractivity contribution in [2.24, 2.45) is 0 Å². The number of aliphatic carboxylic acids is 1. The van der Waals surface area contributed by atoms with E-state index in [4.69, 9.17) is 9.84 Å². The van der Waals surface area contributed by atoms with E-state index >= 15 is 0 Å². The molecule has 1 saturated heterocycles. The number of carboxylic acids is 1. The molecule has 1 fully saturated rings. The molecule has 0 bridgehead atoms. The highest BCUT2D eigenvalue weighted by Crippen LogP contribution is 2.33. The van der Waals surface area contributed by atoms with Gasteiger partial charge in [0.15, 0.2) is 0 Å². The third-order valence-electron chi connectivity index (χ3n) is 3.24. The van der Waals surface area contributed by atoms with Crippen LogP contribution in [0.25, 0.3) is 0 Å². The Morgan fingerprint density at radius 1 is 1.45 bits per heavy atom. The van der Waals surface area contributed by atoms with Crippen LogP contribution in [0.4, 0.5) is 8.78 Å². The second-order valence-electron chi connectivity index (χ2n) is 4.57. The van der Waals surface area contributed by atoms with Gasteiger partial charge in [0.2, 0.25) is 5.91 Å². The standard InChI is InChI=1S/C13H13F2NO4/c1-20-8-3-9(14)13(10(15)4-8)7-2-11(17)16(5-7)6-12(18)19/h3-4,7H,2,5-6H2,1H3,(H,18,19). The third kappa shape index (κ3) is 2.71. The van der Waals surface area contributed by atoms with Crippen LogP contribution >= 0.6 is 0 Å². The second-order valence-corrected chi connectivity index (χ2v) is 4.57. The number of benzene rings is 1. The van der Waals surface area contributed by atoms with Crippen LogP contribution < -0.4 is 4.74 Å². The van der Waals surface area contributed by atoms with Crippen LogP contribution in [0.3, 0.4) is 0 Å². The summed E-state index contributed by atoms with van der Waals surface area (Å²) < 4.78 is 32.6. The molecule has 5 nitrogen and oxygen atoms in total. The van der Waals surface area contributed by atoms with Crippen LogP contribution in [0.1, 0.15) is 17.9 Å². The molecule has 108 valence electrons. The molecule has 0 spiro atoms. The zero-order chi connectivity index (χ0) is 14.9. The number of halogens is 2. The van der Waals surface area contributed by atoms with E-state index in [0.29, 0.717) is 0 Å². The highest BCUT2D eigenvalue weighted by atomic mass is 19.1. The molecule has 1 unspecified atom stereocenters. The van der Waals surface area contributed by atoms with Gasteiger partial charge in [-0.15, -0.1) is 0 Å². The molecule has 1 aliphatic heterocycles. The topological polar surface area (TPSA) is 66.8 Å². The molecule has 2 rings (SSSR count). The number of carbonyl (C=O) groups excluding carboxylic acids is 1. The first kappa shape index (κ1) is 14.2. The number of likely N-dealkylation sites (tertiary alicyclic amines) is 1. The first-order valence-electron chi connectivity index (χ1n) is 5.95. The molecule has 0 saturated carbocycles. The molecule has 1 amide bonds. The molecular formula is C13H13F2NO4. The molecular weight excluding hydrogens is 272 g/mol. The Morgan fingerprint density at radius 3 is 2.55 bits per heavy atom. The van der Waals surface area contributed by atoms with Gasteiger partial charge in [-0.25, -0.2) is 8.78 Å². The number of nitrogens with zero attached hydrogens (tertiary/aromatic N) is 1. The lowest BCUT2D eigenvalue weighted by Gasteiger charge is -2.15. The van der Waals surface area contributed by atoms with Gasteiger partial charge in [0.05, 0.1) is 7.11 Å². The number of ether oxygens (including phenoxy) is 1. The Hall–Kier alpha value is -2.18. The van der Waals surface area contributed by atoms with Crippen molar-refractivity contribution in [3.63, 3.8) is 0 Å². The van der Waals surface area contributed by atoms with Crippen LogP contribution in [0.2, 0.25) is 0 Å². The van der Waals surface area contributed by atoms with Crippen molar-refractivity contribution in [2.75, 3.05) is 20.2 Å². The van der Waals surface area contributed by atoms with Gasteiger partial charge in [-0.2, -0.15) is 0 Å². The van der Waals surface area contributed by atoms with Gasteiger partial charge in [0.1, 0.15) is 23.9 Å². The number of hydrogen-bond acceptors (Lipinski definition) is 3. The number of methoxy groups -OCH3 is 1. The summed E-state index contributed by atoms with van der Waals surface area (Å²) in [5.41, 5.74) is -0.202. The van der Waals surface area contributed by atoms with Gasteiger partial charge in [0, 0.05) is 36.6 Å². The van der Waals surface area contributed by atoms with Gasteiger partial charge in [-0.05, 0) is 0 Å². The predicted molar refractivity (Wildman–Crippen MR) is 64.5 cm³/mol. The lowest BCUT2D eigenvalue weighted by atomic mass is 9.97. The summed E-state index contributed by atoms with van der Waals surface area (Å²) in [6.07, 6.45) is -0.104. The molecule has 20 heavy (non-hydrogen) atoms. The number of amides is 1. The Morgan fingerprint density at radius 2 is 2.05 bits per heavy atom. The quantitative estimate of drug-likeness (QED) is 0.907. The average Bonchev–Trinajstić information content (AvgIpc) is 2.68. The molecule has 1 N–H and O–H groups in total. The highest BCUT2D eigenvalue weighted by molar-refractivity contribution is 5.84. The fourth-order valence-electron chi connectivity index (χ4n) is 2.35. The minimum atomic E-state index is -1.16. The molecule has 1 aromatic rings. The summed E-state index contributed by atoms with van der Waals surface area (Å²) in [6, 6.07) is 2.09. The second kappa shape index (κ2) is 5.44. The van der Waals surface area contributed by atoms with Crippen LogP contribution in [-0.4, -0.2) is 42.1 Å². The third-order valence-corrected chi connectivity index (χ3v) is 3.24. The normalized spacial score (nSPS) is 18.4. The summed E-state index contributed by atoms with van der Waals surface area (Å²) in [7, 11) is 1.29. The molecule has 1 aromatic carbocycles. The summed E-state index contributed by atoms with van der Waals surface area (Å²) in [4.78, 5) is 23.3. The van der Waals surface area contributed by atoms with Crippen molar-refractivity contribution in [3.05, 3.63) is 29.3 Å². The van der Waals surface area contributed by atoms with Gasteiger partial charge >= 0.3 is 5.97 Å². The van der Waals surface area contributed by atoms with Crippen molar-refractivity contribution in [2.45, 2.75) is 12.3 Å². The Labute approximate surface area is 113 Å². The molecule has 1 atom stereocenters. The number of rotatable bonds is 4. The van der Waals surface area contributed by atoms with E-state index in [0.717, 1.165) is 17.0 Å². The zero-order valence-electron chi connectivity index (χ0n) is 10.7. The van der Waals surface area contributed by atoms with Crippen molar-refractivity contribution in [1.82, 2.24) is 4.90 Å². The van der Waals surface area contributed by atoms with E-state index in [-0.39, 0.29) is 24.3 Å². The SMILES string of the molecule is COc1cc(F)c(C2CC(=O)N(CC(=O)O)C2)c(F)c1. The molecule has 0 aliphatic carbocycles. The maximum Gasteiger partial charge on any atom is 0.323 e. The van der Waals surface area contributed by atoms with E-state index in [2.05, 4.69) is 0 Å². The maximum absolute atomic E-state index is 13.9. The van der Waals surface area contributed by atoms with E-state index in [1.807, 2.05) is 0 Å². The van der Waals surface area contributed by atoms with Crippen LogP contribution in [-0.2, 0) is 9.59 Å². The van der Waals surface area contributed by atoms with E-state index < -0.39 is 36.0 Å². The zero-order valence-corrected chi connectivity index (χ0v) is 10.7. The first-order chi connectivity index (χ1) is 9.42. The predicted octanol–water partition coefficient (Wildman–Crippen LogP) is 1.37. The largest absolute Gasteiger partial charge is 0.497 e. The van der Waals surface area contributed by atoms with E-state index in [1.165, 1.54) is 7.11 Å². The number of carbonyl (C=O) groups is 2. The smallest absolute Gasteiger partial charge is 0.323 e. The summed E-state index contributed by atoms with van der Waals surface area (Å²) in [5.74, 6) is -3.81. The lowest BCUT2D eigenvalue weighted by molar-refractivity contribution is -0.142. The van der Waals surface area contributed by atoms with Gasteiger partial charge < -0.3 is 14.7 Å². The molecule has 0 radical (unpaired) electrons. The molecule has 0 aromatic heterocycles. The van der Waals surface area contributed by atoms with Gasteiger partial charge in [-0.1, -0.05) is 0 Å². The summed E-state index contributed by atoms with van der Waals surface area (Å²) in [6.45, 7) is -0.472. The number of hydrogen-bond donors (Lipinski definition) is 1.